The van der Waals surface area contributed by atoms with Crippen LogP contribution in [0.3, 0.4) is 0 Å². The summed E-state index contributed by atoms with van der Waals surface area (Å²) in [4.78, 5) is 8.12. The van der Waals surface area contributed by atoms with Crippen LogP contribution in [0.25, 0.3) is 28.0 Å². The summed E-state index contributed by atoms with van der Waals surface area (Å²) in [5.74, 6) is -0.420. The number of halogens is 2. The van der Waals surface area contributed by atoms with Crippen molar-refractivity contribution in [3.8, 4) is 16.9 Å². The van der Waals surface area contributed by atoms with Crippen LogP contribution in [0, 0.1) is 5.82 Å². The molecule has 0 aliphatic rings. The number of nitrogens with two attached hydrogens (primary N) is 1. The largest absolute Gasteiger partial charge is 0.383 e. The SMILES string of the molecule is CS(=O)(=O)c1nc(-c2ccccc2F)c2c(N)n(-c3ccc(Cl)cc3)nc2n1. The molecule has 10 heteroatoms. The van der Waals surface area contributed by atoms with Gasteiger partial charge in [-0.2, -0.15) is 4.98 Å². The maximum atomic E-state index is 14.4. The van der Waals surface area contributed by atoms with Gasteiger partial charge in [-0.15, -0.1) is 5.10 Å². The second kappa shape index (κ2) is 6.54. The predicted molar refractivity (Wildman–Crippen MR) is 105 cm³/mol. The average molecular weight is 418 g/mol. The van der Waals surface area contributed by atoms with E-state index in [9.17, 15) is 12.8 Å². The zero-order chi connectivity index (χ0) is 20.1. The van der Waals surface area contributed by atoms with Crippen LogP contribution >= 0.6 is 11.6 Å². The molecular formula is C18H13ClFN5O2S. The van der Waals surface area contributed by atoms with E-state index in [-0.39, 0.29) is 28.1 Å². The van der Waals surface area contributed by atoms with E-state index >= 15 is 0 Å². The molecule has 2 N–H and O–H groups in total. The highest BCUT2D eigenvalue weighted by atomic mass is 35.5. The van der Waals surface area contributed by atoms with Crippen LogP contribution in [0.4, 0.5) is 10.2 Å². The van der Waals surface area contributed by atoms with Gasteiger partial charge in [0.25, 0.3) is 0 Å². The standard InChI is InChI=1S/C18H13ClFN5O2S/c1-28(26,27)18-22-15(12-4-2-3-5-13(12)20)14-16(21)25(24-17(14)23-18)11-8-6-10(19)7-9-11/h2-9H,21H2,1H3. The summed E-state index contributed by atoms with van der Waals surface area (Å²) in [6, 6.07) is 12.6. The second-order valence-electron chi connectivity index (χ2n) is 6.08. The van der Waals surface area contributed by atoms with Crippen LogP contribution in [0.2, 0.25) is 5.02 Å². The van der Waals surface area contributed by atoms with Gasteiger partial charge < -0.3 is 5.73 Å². The van der Waals surface area contributed by atoms with Gasteiger partial charge in [-0.3, -0.25) is 0 Å². The van der Waals surface area contributed by atoms with Gasteiger partial charge in [0, 0.05) is 16.8 Å². The Bertz CT molecular complexity index is 1320. The van der Waals surface area contributed by atoms with Crippen LogP contribution in [0.1, 0.15) is 0 Å². The Morgan fingerprint density at radius 3 is 2.39 bits per heavy atom. The molecule has 2 aromatic carbocycles. The van der Waals surface area contributed by atoms with E-state index in [1.165, 1.54) is 22.9 Å². The molecule has 0 bridgehead atoms. The highest BCUT2D eigenvalue weighted by Gasteiger charge is 2.23. The fourth-order valence-electron chi connectivity index (χ4n) is 2.78. The van der Waals surface area contributed by atoms with Crippen molar-refractivity contribution < 1.29 is 12.8 Å². The summed E-state index contributed by atoms with van der Waals surface area (Å²) in [5.41, 5.74) is 7.05. The molecule has 0 unspecified atom stereocenters. The number of hydrogen-bond acceptors (Lipinski definition) is 6. The molecular weight excluding hydrogens is 405 g/mol. The quantitative estimate of drug-likeness (QED) is 0.513. The van der Waals surface area contributed by atoms with Crippen molar-refractivity contribution in [2.24, 2.45) is 0 Å². The third-order valence-corrected chi connectivity index (χ3v) is 5.18. The number of sulfone groups is 1. The molecule has 4 aromatic rings. The first kappa shape index (κ1) is 18.3. The number of nitrogens with zero attached hydrogens (tertiary/aromatic N) is 4. The number of rotatable bonds is 3. The van der Waals surface area contributed by atoms with Crippen molar-refractivity contribution in [1.82, 2.24) is 19.7 Å². The number of aromatic nitrogens is 4. The first-order valence-electron chi connectivity index (χ1n) is 8.03. The Balaban J connectivity index is 2.09. The molecule has 7 nitrogen and oxygen atoms in total. The van der Waals surface area contributed by atoms with Gasteiger partial charge in [0.1, 0.15) is 11.6 Å². The molecule has 0 amide bonds. The number of hydrogen-bond donors (Lipinski definition) is 1. The van der Waals surface area contributed by atoms with Gasteiger partial charge in [0.2, 0.25) is 15.0 Å². The van der Waals surface area contributed by atoms with Gasteiger partial charge in [-0.1, -0.05) is 23.7 Å². The summed E-state index contributed by atoms with van der Waals surface area (Å²) < 4.78 is 39.9. The fraction of sp³-hybridized carbons (Fsp3) is 0.0556. The minimum Gasteiger partial charge on any atom is -0.383 e. The van der Waals surface area contributed by atoms with Crippen LogP contribution in [0.15, 0.2) is 53.7 Å². The molecule has 0 aliphatic heterocycles. The minimum absolute atomic E-state index is 0.0427. The highest BCUT2D eigenvalue weighted by molar-refractivity contribution is 7.90. The molecule has 2 aromatic heterocycles. The lowest BCUT2D eigenvalue weighted by Crippen LogP contribution is -2.06. The van der Waals surface area contributed by atoms with Gasteiger partial charge >= 0.3 is 0 Å². The van der Waals surface area contributed by atoms with Crippen LogP contribution < -0.4 is 5.73 Å². The zero-order valence-corrected chi connectivity index (χ0v) is 16.0. The van der Waals surface area contributed by atoms with Crippen molar-refractivity contribution in [2.45, 2.75) is 5.16 Å². The Hall–Kier alpha value is -3.04. The number of benzene rings is 2. The first-order valence-corrected chi connectivity index (χ1v) is 10.3. The van der Waals surface area contributed by atoms with Crippen molar-refractivity contribution in [1.29, 1.82) is 0 Å². The van der Waals surface area contributed by atoms with Crippen LogP contribution in [-0.4, -0.2) is 34.4 Å². The van der Waals surface area contributed by atoms with Crippen molar-refractivity contribution in [3.63, 3.8) is 0 Å². The minimum atomic E-state index is -3.76. The fourth-order valence-corrected chi connectivity index (χ4v) is 3.42. The van der Waals surface area contributed by atoms with Crippen LogP contribution in [0.5, 0.6) is 0 Å². The van der Waals surface area contributed by atoms with Gasteiger partial charge in [-0.05, 0) is 36.4 Å². The number of nitrogen functional groups attached to an aromatic ring is 1. The molecule has 0 spiro atoms. The normalized spacial score (nSPS) is 11.8. The Kier molecular flexibility index (Phi) is 4.28. The summed E-state index contributed by atoms with van der Waals surface area (Å²) >= 11 is 5.92. The maximum absolute atomic E-state index is 14.4. The van der Waals surface area contributed by atoms with Crippen molar-refractivity contribution in [2.75, 3.05) is 12.0 Å². The van der Waals surface area contributed by atoms with Gasteiger partial charge in [0.05, 0.1) is 16.8 Å². The van der Waals surface area contributed by atoms with E-state index in [1.54, 1.807) is 30.3 Å². The Morgan fingerprint density at radius 1 is 1.07 bits per heavy atom. The van der Waals surface area contributed by atoms with E-state index < -0.39 is 20.8 Å². The predicted octanol–water partition coefficient (Wildman–Crippen LogP) is 3.26. The number of anilines is 1. The van der Waals surface area contributed by atoms with Crippen molar-refractivity contribution in [3.05, 3.63) is 59.4 Å². The molecule has 28 heavy (non-hydrogen) atoms. The molecule has 0 radical (unpaired) electrons. The van der Waals surface area contributed by atoms with Gasteiger partial charge in [-0.25, -0.2) is 22.5 Å². The summed E-state index contributed by atoms with van der Waals surface area (Å²) in [6.07, 6.45) is 0.971. The van der Waals surface area contributed by atoms with E-state index in [0.29, 0.717) is 10.7 Å². The molecule has 0 aliphatic carbocycles. The third kappa shape index (κ3) is 3.08. The Morgan fingerprint density at radius 2 is 1.75 bits per heavy atom. The second-order valence-corrected chi connectivity index (χ2v) is 8.42. The topological polar surface area (TPSA) is 104 Å². The molecule has 142 valence electrons. The highest BCUT2D eigenvalue weighted by Crippen LogP contribution is 2.33. The molecule has 4 rings (SSSR count). The van der Waals surface area contributed by atoms with E-state index in [4.69, 9.17) is 17.3 Å². The summed E-state index contributed by atoms with van der Waals surface area (Å²) in [5, 5.41) is 4.64. The lowest BCUT2D eigenvalue weighted by atomic mass is 10.1. The third-order valence-electron chi connectivity index (χ3n) is 4.08. The van der Waals surface area contributed by atoms with Gasteiger partial charge in [0.15, 0.2) is 5.65 Å². The van der Waals surface area contributed by atoms with Crippen LogP contribution in [-0.2, 0) is 9.84 Å². The molecule has 2 heterocycles. The molecule has 0 saturated heterocycles. The summed E-state index contributed by atoms with van der Waals surface area (Å²) in [7, 11) is -3.76. The Labute approximate surface area is 164 Å². The monoisotopic (exact) mass is 417 g/mol. The molecule has 0 saturated carbocycles. The van der Waals surface area contributed by atoms with Crippen molar-refractivity contribution >= 4 is 38.3 Å². The van der Waals surface area contributed by atoms with E-state index in [2.05, 4.69) is 15.1 Å². The summed E-state index contributed by atoms with van der Waals surface area (Å²) in [6.45, 7) is 0. The van der Waals surface area contributed by atoms with E-state index in [0.717, 1.165) is 6.26 Å². The van der Waals surface area contributed by atoms with E-state index in [1.807, 2.05) is 0 Å². The zero-order valence-electron chi connectivity index (χ0n) is 14.5. The maximum Gasteiger partial charge on any atom is 0.249 e. The lowest BCUT2D eigenvalue weighted by molar-refractivity contribution is 0.593. The smallest absolute Gasteiger partial charge is 0.249 e. The molecule has 0 atom stereocenters. The first-order chi connectivity index (χ1) is 13.3. The average Bonchev–Trinajstić information content (AvgIpc) is 2.98. The number of fused-ring (bicyclic) bond motifs is 1. The lowest BCUT2D eigenvalue weighted by Gasteiger charge is -2.07. The molecule has 0 fully saturated rings.